The maximum absolute atomic E-state index is 13.8. The van der Waals surface area contributed by atoms with Crippen molar-refractivity contribution in [3.63, 3.8) is 0 Å². The van der Waals surface area contributed by atoms with E-state index < -0.39 is 18.2 Å². The monoisotopic (exact) mass is 806 g/mol. The number of carbonyl (C=O) groups is 4. The van der Waals surface area contributed by atoms with E-state index in [1.165, 1.54) is 14.2 Å². The summed E-state index contributed by atoms with van der Waals surface area (Å²) in [6.45, 7) is 2.59. The molecule has 60 heavy (non-hydrogen) atoms. The molecule has 1 aliphatic heterocycles. The molecule has 4 atom stereocenters. The Labute approximate surface area is 347 Å². The average Bonchev–Trinajstić information content (AvgIpc) is 4.11. The van der Waals surface area contributed by atoms with Gasteiger partial charge in [0.05, 0.1) is 49.7 Å². The highest BCUT2D eigenvalue weighted by molar-refractivity contribution is 6.04. The zero-order valence-corrected chi connectivity index (χ0v) is 33.7. The van der Waals surface area contributed by atoms with E-state index >= 15 is 0 Å². The van der Waals surface area contributed by atoms with Crippen LogP contribution in [0.3, 0.4) is 0 Å². The number of nitrogens with zero attached hydrogens (tertiary/aromatic N) is 4. The maximum Gasteiger partial charge on any atom is 0.407 e. The summed E-state index contributed by atoms with van der Waals surface area (Å²) in [5, 5.41) is 7.25. The molecule has 0 spiro atoms. The number of fused-ring (bicyclic) bond motifs is 5. The lowest BCUT2D eigenvalue weighted by atomic mass is 9.98. The number of H-pyrrole nitrogens is 2. The molecule has 4 aromatic carbocycles. The molecule has 2 bridgehead atoms. The van der Waals surface area contributed by atoms with Crippen molar-refractivity contribution in [2.24, 2.45) is 5.92 Å². The van der Waals surface area contributed by atoms with E-state index in [1.807, 2.05) is 72.5 Å². The number of carbonyl (C=O) groups excluding carboxylic acids is 4. The van der Waals surface area contributed by atoms with Gasteiger partial charge in [-0.15, -0.1) is 0 Å². The van der Waals surface area contributed by atoms with Crippen LogP contribution in [0.15, 0.2) is 91.1 Å². The van der Waals surface area contributed by atoms with Gasteiger partial charge in [0.25, 0.3) is 0 Å². The Kier molecular flexibility index (Phi) is 11.5. The number of imidazole rings is 2. The van der Waals surface area contributed by atoms with Gasteiger partial charge < -0.3 is 39.9 Å². The van der Waals surface area contributed by atoms with E-state index in [9.17, 15) is 19.2 Å². The van der Waals surface area contributed by atoms with E-state index in [0.29, 0.717) is 23.9 Å². The number of piperidine rings is 1. The first-order chi connectivity index (χ1) is 29.2. The number of alkyl carbamates (subject to hydrolysis) is 2. The Bertz CT molecular complexity index is 2610. The molecule has 14 nitrogen and oxygen atoms in total. The number of hydrogen-bond donors (Lipinski definition) is 4. The molecule has 2 aromatic heterocycles. The van der Waals surface area contributed by atoms with E-state index in [2.05, 4.69) is 54.3 Å². The fourth-order valence-corrected chi connectivity index (χ4v) is 8.53. The summed E-state index contributed by atoms with van der Waals surface area (Å²) in [6.07, 6.45) is 4.07. The van der Waals surface area contributed by atoms with Gasteiger partial charge in [0.1, 0.15) is 24.2 Å². The third-order valence-electron chi connectivity index (χ3n) is 11.4. The van der Waals surface area contributed by atoms with Crippen LogP contribution in [0.2, 0.25) is 0 Å². The predicted octanol–water partition coefficient (Wildman–Crippen LogP) is 6.75. The minimum atomic E-state index is -0.906. The van der Waals surface area contributed by atoms with Crippen molar-refractivity contribution in [3.8, 4) is 23.1 Å². The Balaban J connectivity index is 0.946. The first-order valence-corrected chi connectivity index (χ1v) is 20.1. The largest absolute Gasteiger partial charge is 0.453 e. The number of likely N-dealkylation sites (tertiary alicyclic amines) is 1. The lowest BCUT2D eigenvalue weighted by Crippen LogP contribution is -2.45. The van der Waals surface area contributed by atoms with Crippen LogP contribution in [0.5, 0.6) is 0 Å². The van der Waals surface area contributed by atoms with E-state index in [-0.39, 0.29) is 37.0 Å². The molecule has 1 saturated carbocycles. The second kappa shape index (κ2) is 17.4. The molecule has 4 N–H and O–H groups in total. The Morgan fingerprint density at radius 3 is 2.45 bits per heavy atom. The first-order valence-electron chi connectivity index (χ1n) is 20.1. The highest BCUT2D eigenvalue weighted by Crippen LogP contribution is 2.50. The van der Waals surface area contributed by atoms with Gasteiger partial charge in [-0.25, -0.2) is 19.6 Å². The summed E-state index contributed by atoms with van der Waals surface area (Å²) in [5.41, 5.74) is 5.86. The topological polar surface area (TPSA) is 175 Å². The van der Waals surface area contributed by atoms with E-state index in [0.717, 1.165) is 75.7 Å². The van der Waals surface area contributed by atoms with Crippen LogP contribution in [0.25, 0.3) is 33.1 Å². The van der Waals surface area contributed by atoms with Gasteiger partial charge in [-0.1, -0.05) is 73.4 Å². The number of methoxy groups -OCH3 is 2. The van der Waals surface area contributed by atoms with E-state index in [4.69, 9.17) is 9.72 Å². The summed E-state index contributed by atoms with van der Waals surface area (Å²) >= 11 is 0. The molecule has 4 amide bonds. The fraction of sp³-hybridized carbons (Fsp3) is 0.304. The molecule has 8 rings (SSSR count). The normalized spacial score (nSPS) is 17.2. The Morgan fingerprint density at radius 1 is 0.917 bits per heavy atom. The Morgan fingerprint density at radius 2 is 1.68 bits per heavy atom. The molecule has 2 fully saturated rings. The molecular weight excluding hydrogens is 761 g/mol. The summed E-state index contributed by atoms with van der Waals surface area (Å²) in [5.74, 6) is 7.89. The molecule has 2 aliphatic rings. The van der Waals surface area contributed by atoms with Gasteiger partial charge in [-0.2, -0.15) is 0 Å². The zero-order chi connectivity index (χ0) is 41.8. The Hall–Kier alpha value is -7.14. The average molecular weight is 807 g/mol. The smallest absolute Gasteiger partial charge is 0.407 e. The number of aromatic amines is 2. The number of amides is 4. The van der Waals surface area contributed by atoms with Crippen LogP contribution in [-0.2, 0) is 25.6 Å². The van der Waals surface area contributed by atoms with Gasteiger partial charge in [0.2, 0.25) is 11.8 Å². The van der Waals surface area contributed by atoms with Gasteiger partial charge in [-0.3, -0.25) is 9.59 Å². The molecule has 6 aromatic rings. The number of hydrogen-bond acceptors (Lipinski definition) is 8. The zero-order valence-electron chi connectivity index (χ0n) is 33.7. The van der Waals surface area contributed by atoms with Gasteiger partial charge in [0, 0.05) is 29.1 Å². The van der Waals surface area contributed by atoms with Crippen LogP contribution < -0.4 is 10.6 Å². The van der Waals surface area contributed by atoms with Crippen molar-refractivity contribution in [1.29, 1.82) is 0 Å². The van der Waals surface area contributed by atoms with Gasteiger partial charge in [0.15, 0.2) is 0 Å². The minimum absolute atomic E-state index is 0.117. The van der Waals surface area contributed by atoms with Gasteiger partial charge in [-0.05, 0) is 78.4 Å². The van der Waals surface area contributed by atoms with Crippen molar-refractivity contribution in [2.75, 3.05) is 27.3 Å². The van der Waals surface area contributed by atoms with Crippen molar-refractivity contribution in [3.05, 3.63) is 119 Å². The van der Waals surface area contributed by atoms with Crippen molar-refractivity contribution >= 4 is 45.8 Å². The number of aromatic nitrogens is 4. The second-order valence-electron chi connectivity index (χ2n) is 15.1. The maximum atomic E-state index is 13.8. The van der Waals surface area contributed by atoms with Crippen LogP contribution in [0.1, 0.15) is 73.0 Å². The molecular formula is C46H46N8O6. The fourth-order valence-electron chi connectivity index (χ4n) is 8.53. The molecule has 0 radical (unpaired) electrons. The number of rotatable bonds is 11. The summed E-state index contributed by atoms with van der Waals surface area (Å²) in [4.78, 5) is 70.9. The molecule has 14 heteroatoms. The third kappa shape index (κ3) is 8.24. The highest BCUT2D eigenvalue weighted by atomic mass is 16.5. The van der Waals surface area contributed by atoms with Crippen LogP contribution in [0.4, 0.5) is 9.59 Å². The van der Waals surface area contributed by atoms with Crippen molar-refractivity contribution < 1.29 is 28.7 Å². The number of benzene rings is 4. The van der Waals surface area contributed by atoms with E-state index in [1.54, 1.807) is 23.2 Å². The number of nitrogens with one attached hydrogen (secondary N) is 4. The minimum Gasteiger partial charge on any atom is -0.453 e. The number of ether oxygens (including phenoxy) is 2. The highest BCUT2D eigenvalue weighted by Gasteiger charge is 2.49. The van der Waals surface area contributed by atoms with Crippen LogP contribution >= 0.6 is 0 Å². The third-order valence-corrected chi connectivity index (χ3v) is 11.4. The summed E-state index contributed by atoms with van der Waals surface area (Å²) in [7, 11) is 2.55. The molecule has 306 valence electrons. The standard InChI is InChI=1S/C46H46N8O6/c1-4-22-53(44(56)40(52-46(58)60-3)31-8-6-5-7-9-31)27-38-47-25-37(49-38)30-15-12-28(13-16-30)10-11-29-14-20-35-32(23-29)18-21-36-41(35)51-43(50-36)42-33-17-19-34(24-33)54(42)39(55)26-48-45(57)59-2/h5-9,12-16,18,20-21,23,25,33-34,40,42H,4,17,19,22,24,26-27H2,1-3H3,(H,47,49)(H,48,57)(H,50,51)(H,52,58)/t33-,34+,40+,42?/m0/s1. The van der Waals surface area contributed by atoms with Gasteiger partial charge >= 0.3 is 12.2 Å². The quantitative estimate of drug-likeness (QED) is 0.104. The first kappa shape index (κ1) is 39.7. The second-order valence-corrected chi connectivity index (χ2v) is 15.1. The van der Waals surface area contributed by atoms with Crippen LogP contribution in [0, 0.1) is 17.8 Å². The molecule has 1 saturated heterocycles. The van der Waals surface area contributed by atoms with Crippen molar-refractivity contribution in [1.82, 2.24) is 40.4 Å². The SMILES string of the molecule is CCCN(Cc1ncc(-c2ccc(C#Cc3ccc4c(ccc5nc(C6[C@H]7CC[C@H](C7)N6C(=O)CNC(=O)OC)[nH]c54)c3)cc2)[nH]1)C(=O)[C@H](NC(=O)OC)c1ccccc1. The summed E-state index contributed by atoms with van der Waals surface area (Å²) < 4.78 is 9.46. The predicted molar refractivity (Wildman–Crippen MR) is 225 cm³/mol. The molecule has 1 unspecified atom stereocenters. The van der Waals surface area contributed by atoms with Crippen molar-refractivity contribution in [2.45, 2.75) is 57.3 Å². The molecule has 3 heterocycles. The summed E-state index contributed by atoms with van der Waals surface area (Å²) in [6, 6.07) is 26.2. The molecule has 1 aliphatic carbocycles. The van der Waals surface area contributed by atoms with Crippen LogP contribution in [-0.4, -0.2) is 87.1 Å². The lowest BCUT2D eigenvalue weighted by molar-refractivity contribution is -0.135. The lowest BCUT2D eigenvalue weighted by Gasteiger charge is -2.34.